The predicted molar refractivity (Wildman–Crippen MR) is 109 cm³/mol. The second kappa shape index (κ2) is 8.80. The van der Waals surface area contributed by atoms with Crippen LogP contribution in [0.5, 0.6) is 0 Å². The SMILES string of the molecule is CCOCc1ccc(CNC(=O)c2nn(-c3ccc(C)cc3C)nc2C)cc1. The second-order valence-electron chi connectivity index (χ2n) is 6.85. The van der Waals surface area contributed by atoms with Crippen molar-refractivity contribution in [3.8, 4) is 5.69 Å². The molecule has 3 rings (SSSR count). The molecule has 1 aromatic heterocycles. The molecule has 0 radical (unpaired) electrons. The van der Waals surface area contributed by atoms with Gasteiger partial charge in [0.2, 0.25) is 0 Å². The van der Waals surface area contributed by atoms with Gasteiger partial charge < -0.3 is 10.1 Å². The summed E-state index contributed by atoms with van der Waals surface area (Å²) >= 11 is 0. The number of amides is 1. The lowest BCUT2D eigenvalue weighted by molar-refractivity contribution is 0.0945. The standard InChI is InChI=1S/C22H26N4O2/c1-5-28-14-19-9-7-18(8-10-19)13-23-22(27)21-17(4)24-26(25-21)20-11-6-15(2)12-16(20)3/h6-12H,5,13-14H2,1-4H3,(H,23,27). The zero-order valence-electron chi connectivity index (χ0n) is 16.8. The van der Waals surface area contributed by atoms with Crippen molar-refractivity contribution in [1.29, 1.82) is 0 Å². The van der Waals surface area contributed by atoms with E-state index in [4.69, 9.17) is 4.74 Å². The maximum Gasteiger partial charge on any atom is 0.274 e. The molecule has 0 fully saturated rings. The molecule has 28 heavy (non-hydrogen) atoms. The van der Waals surface area contributed by atoms with Gasteiger partial charge in [0.1, 0.15) is 0 Å². The van der Waals surface area contributed by atoms with E-state index in [1.54, 1.807) is 6.92 Å². The van der Waals surface area contributed by atoms with Gasteiger partial charge in [0.05, 0.1) is 18.0 Å². The highest BCUT2D eigenvalue weighted by molar-refractivity contribution is 5.93. The number of nitrogens with zero attached hydrogens (tertiary/aromatic N) is 3. The lowest BCUT2D eigenvalue weighted by Gasteiger charge is -2.06. The summed E-state index contributed by atoms with van der Waals surface area (Å²) in [6.45, 7) is 9.55. The van der Waals surface area contributed by atoms with Gasteiger partial charge in [-0.3, -0.25) is 4.79 Å². The Morgan fingerprint density at radius 3 is 2.43 bits per heavy atom. The van der Waals surface area contributed by atoms with Crippen molar-refractivity contribution in [3.05, 3.63) is 76.1 Å². The first kappa shape index (κ1) is 19.8. The number of benzene rings is 2. The van der Waals surface area contributed by atoms with Gasteiger partial charge in [0.15, 0.2) is 5.69 Å². The van der Waals surface area contributed by atoms with Crippen molar-refractivity contribution in [2.75, 3.05) is 6.61 Å². The van der Waals surface area contributed by atoms with Gasteiger partial charge in [-0.05, 0) is 50.5 Å². The third-order valence-corrected chi connectivity index (χ3v) is 4.51. The first-order valence-electron chi connectivity index (χ1n) is 9.43. The minimum atomic E-state index is -0.230. The van der Waals surface area contributed by atoms with Crippen LogP contribution in [-0.2, 0) is 17.9 Å². The van der Waals surface area contributed by atoms with Crippen LogP contribution in [0.2, 0.25) is 0 Å². The fraction of sp³-hybridized carbons (Fsp3) is 0.318. The Kier molecular flexibility index (Phi) is 6.21. The molecule has 0 unspecified atom stereocenters. The molecule has 3 aromatic rings. The molecule has 0 saturated carbocycles. The number of aryl methyl sites for hydroxylation is 3. The average Bonchev–Trinajstić information content (AvgIpc) is 3.06. The molecule has 1 N–H and O–H groups in total. The number of rotatable bonds is 7. The van der Waals surface area contributed by atoms with E-state index in [1.165, 1.54) is 10.4 Å². The number of hydrogen-bond donors (Lipinski definition) is 1. The Labute approximate surface area is 165 Å². The second-order valence-corrected chi connectivity index (χ2v) is 6.85. The van der Waals surface area contributed by atoms with Crippen LogP contribution >= 0.6 is 0 Å². The van der Waals surface area contributed by atoms with Gasteiger partial charge in [-0.1, -0.05) is 42.0 Å². The number of carbonyl (C=O) groups is 1. The minimum absolute atomic E-state index is 0.230. The molecule has 0 aliphatic carbocycles. The molecule has 0 aliphatic rings. The fourth-order valence-electron chi connectivity index (χ4n) is 2.97. The maximum absolute atomic E-state index is 12.6. The first-order chi connectivity index (χ1) is 13.5. The van der Waals surface area contributed by atoms with E-state index in [-0.39, 0.29) is 5.91 Å². The lowest BCUT2D eigenvalue weighted by atomic mass is 10.1. The van der Waals surface area contributed by atoms with Crippen LogP contribution in [0.3, 0.4) is 0 Å². The van der Waals surface area contributed by atoms with Gasteiger partial charge in [0.25, 0.3) is 5.91 Å². The number of ether oxygens (including phenoxy) is 1. The van der Waals surface area contributed by atoms with E-state index in [1.807, 2.05) is 57.2 Å². The van der Waals surface area contributed by atoms with Crippen LogP contribution in [0.15, 0.2) is 42.5 Å². The molecule has 1 heterocycles. The van der Waals surface area contributed by atoms with Crippen LogP contribution in [0.1, 0.15) is 45.4 Å². The summed E-state index contributed by atoms with van der Waals surface area (Å²) in [5, 5.41) is 11.7. The highest BCUT2D eigenvalue weighted by Gasteiger charge is 2.17. The molecule has 1 amide bonds. The molecule has 0 aliphatic heterocycles. The Balaban J connectivity index is 1.67. The molecular formula is C22H26N4O2. The van der Waals surface area contributed by atoms with Crippen LogP contribution < -0.4 is 5.32 Å². The van der Waals surface area contributed by atoms with Gasteiger partial charge in [0, 0.05) is 13.2 Å². The van der Waals surface area contributed by atoms with Gasteiger partial charge in [-0.2, -0.15) is 9.90 Å². The van der Waals surface area contributed by atoms with Gasteiger partial charge in [-0.25, -0.2) is 0 Å². The quantitative estimate of drug-likeness (QED) is 0.681. The molecular weight excluding hydrogens is 352 g/mol. The van der Waals surface area contributed by atoms with E-state index < -0.39 is 0 Å². The smallest absolute Gasteiger partial charge is 0.274 e. The average molecular weight is 378 g/mol. The molecule has 6 heteroatoms. The maximum atomic E-state index is 12.6. The van der Waals surface area contributed by atoms with E-state index in [0.29, 0.717) is 31.1 Å². The van der Waals surface area contributed by atoms with E-state index in [2.05, 4.69) is 21.6 Å². The third-order valence-electron chi connectivity index (χ3n) is 4.51. The molecule has 0 bridgehead atoms. The third kappa shape index (κ3) is 4.64. The summed E-state index contributed by atoms with van der Waals surface area (Å²) in [5.41, 5.74) is 6.19. The van der Waals surface area contributed by atoms with Crippen molar-refractivity contribution in [1.82, 2.24) is 20.3 Å². The Morgan fingerprint density at radius 1 is 1.04 bits per heavy atom. The van der Waals surface area contributed by atoms with Crippen molar-refractivity contribution < 1.29 is 9.53 Å². The Hall–Kier alpha value is -2.99. The van der Waals surface area contributed by atoms with Crippen molar-refractivity contribution in [3.63, 3.8) is 0 Å². The lowest BCUT2D eigenvalue weighted by Crippen LogP contribution is -2.24. The normalized spacial score (nSPS) is 10.9. The number of aromatic nitrogens is 3. The van der Waals surface area contributed by atoms with Crippen molar-refractivity contribution >= 4 is 5.91 Å². The summed E-state index contributed by atoms with van der Waals surface area (Å²) in [4.78, 5) is 14.1. The summed E-state index contributed by atoms with van der Waals surface area (Å²) in [6, 6.07) is 14.1. The fourth-order valence-corrected chi connectivity index (χ4v) is 2.97. The summed E-state index contributed by atoms with van der Waals surface area (Å²) in [5.74, 6) is -0.230. The highest BCUT2D eigenvalue weighted by Crippen LogP contribution is 2.15. The predicted octanol–water partition coefficient (Wildman–Crippen LogP) is 3.66. The van der Waals surface area contributed by atoms with Crippen molar-refractivity contribution in [2.45, 2.75) is 40.8 Å². The Bertz CT molecular complexity index is 961. The number of hydrogen-bond acceptors (Lipinski definition) is 4. The van der Waals surface area contributed by atoms with Gasteiger partial charge >= 0.3 is 0 Å². The van der Waals surface area contributed by atoms with E-state index in [9.17, 15) is 4.79 Å². The molecule has 0 saturated heterocycles. The largest absolute Gasteiger partial charge is 0.377 e. The molecule has 146 valence electrons. The van der Waals surface area contributed by atoms with Crippen LogP contribution in [0.4, 0.5) is 0 Å². The zero-order chi connectivity index (χ0) is 20.1. The van der Waals surface area contributed by atoms with E-state index in [0.717, 1.165) is 22.4 Å². The van der Waals surface area contributed by atoms with E-state index >= 15 is 0 Å². The number of carbonyl (C=O) groups excluding carboxylic acids is 1. The summed E-state index contributed by atoms with van der Waals surface area (Å²) < 4.78 is 5.40. The molecule has 0 spiro atoms. The highest BCUT2D eigenvalue weighted by atomic mass is 16.5. The van der Waals surface area contributed by atoms with Crippen LogP contribution in [0.25, 0.3) is 5.69 Å². The molecule has 6 nitrogen and oxygen atoms in total. The van der Waals surface area contributed by atoms with Crippen LogP contribution in [0, 0.1) is 20.8 Å². The minimum Gasteiger partial charge on any atom is -0.377 e. The van der Waals surface area contributed by atoms with Crippen LogP contribution in [-0.4, -0.2) is 27.5 Å². The van der Waals surface area contributed by atoms with Gasteiger partial charge in [-0.15, -0.1) is 5.10 Å². The Morgan fingerprint density at radius 2 is 1.75 bits per heavy atom. The van der Waals surface area contributed by atoms with Crippen molar-refractivity contribution in [2.24, 2.45) is 0 Å². The molecule has 0 atom stereocenters. The first-order valence-corrected chi connectivity index (χ1v) is 9.43. The zero-order valence-corrected chi connectivity index (χ0v) is 16.8. The number of nitrogens with one attached hydrogen (secondary N) is 1. The summed E-state index contributed by atoms with van der Waals surface area (Å²) in [7, 11) is 0. The summed E-state index contributed by atoms with van der Waals surface area (Å²) in [6.07, 6.45) is 0. The monoisotopic (exact) mass is 378 g/mol. The topological polar surface area (TPSA) is 69.0 Å². The molecule has 2 aromatic carbocycles.